The van der Waals surface area contributed by atoms with E-state index >= 15 is 0 Å². The lowest BCUT2D eigenvalue weighted by Gasteiger charge is -2.29. The van der Waals surface area contributed by atoms with Gasteiger partial charge in [0.05, 0.1) is 6.54 Å². The Morgan fingerprint density at radius 1 is 1.23 bits per heavy atom. The van der Waals surface area contributed by atoms with Gasteiger partial charge < -0.3 is 15.1 Å². The van der Waals surface area contributed by atoms with Gasteiger partial charge in [-0.2, -0.15) is 0 Å². The monoisotopic (exact) mass is 339 g/mol. The molecule has 1 aliphatic rings. The molecule has 1 heterocycles. The molecule has 1 N–H and O–H groups in total. The fourth-order valence-electron chi connectivity index (χ4n) is 2.85. The summed E-state index contributed by atoms with van der Waals surface area (Å²) in [7, 11) is 4.23. The van der Waals surface area contributed by atoms with Crippen molar-refractivity contribution in [1.82, 2.24) is 15.1 Å². The Morgan fingerprint density at radius 3 is 2.55 bits per heavy atom. The minimum atomic E-state index is 0.570. The van der Waals surface area contributed by atoms with Gasteiger partial charge in [-0.1, -0.05) is 31.7 Å². The van der Waals surface area contributed by atoms with Gasteiger partial charge in [-0.05, 0) is 50.6 Å². The van der Waals surface area contributed by atoms with Gasteiger partial charge in [0.15, 0.2) is 5.11 Å². The highest BCUT2D eigenvalue weighted by atomic mass is 32.1. The molecule has 0 spiro atoms. The minimum Gasteiger partial charge on any atom is -0.360 e. The lowest BCUT2D eigenvalue weighted by atomic mass is 10.1. The predicted octanol–water partition coefficient (Wildman–Crippen LogP) is 3.71. The summed E-state index contributed by atoms with van der Waals surface area (Å²) < 4.78 is 0. The third-order valence-corrected chi connectivity index (χ3v) is 5.45. The zero-order valence-electron chi connectivity index (χ0n) is 13.9. The normalized spacial score (nSPS) is 16.5. The summed E-state index contributed by atoms with van der Waals surface area (Å²) in [5, 5.41) is 6.71. The number of nitrogens with one attached hydrogen (secondary N) is 1. The van der Waals surface area contributed by atoms with Crippen molar-refractivity contribution < 1.29 is 0 Å². The maximum atomic E-state index is 5.73. The highest BCUT2D eigenvalue weighted by molar-refractivity contribution is 7.80. The molecule has 0 aliphatic heterocycles. The predicted molar refractivity (Wildman–Crippen MR) is 101 cm³/mol. The summed E-state index contributed by atoms with van der Waals surface area (Å²) in [6.07, 6.45) is 7.96. The van der Waals surface area contributed by atoms with Crippen LogP contribution >= 0.6 is 23.6 Å². The average molecular weight is 340 g/mol. The van der Waals surface area contributed by atoms with Gasteiger partial charge in [-0.15, -0.1) is 11.3 Å². The van der Waals surface area contributed by atoms with Crippen LogP contribution < -0.4 is 5.32 Å². The van der Waals surface area contributed by atoms with Crippen LogP contribution in [0.1, 0.15) is 43.4 Å². The van der Waals surface area contributed by atoms with Crippen molar-refractivity contribution in [3.63, 3.8) is 0 Å². The third-order valence-electron chi connectivity index (χ3n) is 4.21. The van der Waals surface area contributed by atoms with Crippen molar-refractivity contribution in [2.24, 2.45) is 0 Å². The fraction of sp³-hybridized carbons (Fsp3) is 0.706. The summed E-state index contributed by atoms with van der Waals surface area (Å²) >= 11 is 7.54. The number of hydrogen-bond acceptors (Lipinski definition) is 3. The third kappa shape index (κ3) is 6.23. The zero-order chi connectivity index (χ0) is 15.8. The standard InChI is InChI=1S/C17H29N3S2/c1-19(2)11-12-20(14-16-10-7-13-22-16)17(21)18-15-8-5-3-4-6-9-15/h7,10,13,15H,3-6,8-9,11-12,14H2,1-2H3,(H,18,21). The van der Waals surface area contributed by atoms with Crippen LogP contribution in [0.2, 0.25) is 0 Å². The van der Waals surface area contributed by atoms with E-state index in [1.165, 1.54) is 43.4 Å². The van der Waals surface area contributed by atoms with Crippen molar-refractivity contribution in [3.05, 3.63) is 22.4 Å². The molecule has 0 aromatic carbocycles. The lowest BCUT2D eigenvalue weighted by molar-refractivity contribution is 0.320. The van der Waals surface area contributed by atoms with Gasteiger partial charge in [0.1, 0.15) is 0 Å². The molecule has 1 aliphatic carbocycles. The van der Waals surface area contributed by atoms with E-state index in [1.54, 1.807) is 0 Å². The van der Waals surface area contributed by atoms with Gasteiger partial charge in [-0.25, -0.2) is 0 Å². The van der Waals surface area contributed by atoms with Crippen molar-refractivity contribution in [3.8, 4) is 0 Å². The van der Waals surface area contributed by atoms with E-state index in [-0.39, 0.29) is 0 Å². The van der Waals surface area contributed by atoms with E-state index < -0.39 is 0 Å². The van der Waals surface area contributed by atoms with E-state index in [1.807, 2.05) is 11.3 Å². The molecule has 1 saturated carbocycles. The van der Waals surface area contributed by atoms with E-state index in [2.05, 4.69) is 46.7 Å². The maximum absolute atomic E-state index is 5.73. The molecule has 2 rings (SSSR count). The van der Waals surface area contributed by atoms with Crippen LogP contribution in [-0.2, 0) is 6.54 Å². The fourth-order valence-corrected chi connectivity index (χ4v) is 3.90. The van der Waals surface area contributed by atoms with Crippen molar-refractivity contribution in [2.75, 3.05) is 27.2 Å². The van der Waals surface area contributed by atoms with Gasteiger partial charge in [-0.3, -0.25) is 0 Å². The zero-order valence-corrected chi connectivity index (χ0v) is 15.5. The van der Waals surface area contributed by atoms with Crippen LogP contribution in [0.4, 0.5) is 0 Å². The first-order valence-corrected chi connectivity index (χ1v) is 9.66. The van der Waals surface area contributed by atoms with Gasteiger partial charge >= 0.3 is 0 Å². The highest BCUT2D eigenvalue weighted by Gasteiger charge is 2.17. The highest BCUT2D eigenvalue weighted by Crippen LogP contribution is 2.18. The number of thiophene rings is 1. The number of rotatable bonds is 6. The van der Waals surface area contributed by atoms with Gasteiger partial charge in [0.2, 0.25) is 0 Å². The lowest BCUT2D eigenvalue weighted by Crippen LogP contribution is -2.46. The molecule has 1 fully saturated rings. The maximum Gasteiger partial charge on any atom is 0.169 e. The molecule has 0 unspecified atom stereocenters. The van der Waals surface area contributed by atoms with Crippen molar-refractivity contribution in [2.45, 2.75) is 51.1 Å². The molecule has 3 nitrogen and oxygen atoms in total. The minimum absolute atomic E-state index is 0.570. The van der Waals surface area contributed by atoms with Crippen LogP contribution in [0.5, 0.6) is 0 Å². The largest absolute Gasteiger partial charge is 0.360 e. The molecular formula is C17H29N3S2. The van der Waals surface area contributed by atoms with Gasteiger partial charge in [0, 0.05) is 24.0 Å². The second-order valence-corrected chi connectivity index (χ2v) is 7.86. The molecule has 22 heavy (non-hydrogen) atoms. The second-order valence-electron chi connectivity index (χ2n) is 6.44. The van der Waals surface area contributed by atoms with Crippen molar-refractivity contribution in [1.29, 1.82) is 0 Å². The molecule has 5 heteroatoms. The molecule has 124 valence electrons. The van der Waals surface area contributed by atoms with Crippen LogP contribution in [0.3, 0.4) is 0 Å². The Labute approximate surface area is 144 Å². The molecule has 0 bridgehead atoms. The number of hydrogen-bond donors (Lipinski definition) is 1. The summed E-state index contributed by atoms with van der Waals surface area (Å²) in [6.45, 7) is 2.92. The molecular weight excluding hydrogens is 310 g/mol. The summed E-state index contributed by atoms with van der Waals surface area (Å²) in [5.74, 6) is 0. The van der Waals surface area contributed by atoms with Crippen LogP contribution in [-0.4, -0.2) is 48.1 Å². The first-order chi connectivity index (χ1) is 10.6. The molecule has 1 aromatic rings. The van der Waals surface area contributed by atoms with E-state index in [0.717, 1.165) is 24.7 Å². The Hall–Kier alpha value is -0.650. The molecule has 0 atom stereocenters. The topological polar surface area (TPSA) is 18.5 Å². The van der Waals surface area contributed by atoms with Crippen LogP contribution in [0.25, 0.3) is 0 Å². The smallest absolute Gasteiger partial charge is 0.169 e. The first kappa shape index (κ1) is 17.7. The van der Waals surface area contributed by atoms with E-state index in [9.17, 15) is 0 Å². The molecule has 1 aromatic heterocycles. The van der Waals surface area contributed by atoms with E-state index in [4.69, 9.17) is 12.2 Å². The quantitative estimate of drug-likeness (QED) is 0.629. The summed E-state index contributed by atoms with van der Waals surface area (Å²) in [4.78, 5) is 5.92. The van der Waals surface area contributed by atoms with Crippen LogP contribution in [0, 0.1) is 0 Å². The number of nitrogens with zero attached hydrogens (tertiary/aromatic N) is 2. The Balaban J connectivity index is 1.91. The molecule has 0 radical (unpaired) electrons. The average Bonchev–Trinajstić information content (AvgIpc) is 2.86. The summed E-state index contributed by atoms with van der Waals surface area (Å²) in [5.41, 5.74) is 0. The van der Waals surface area contributed by atoms with E-state index in [0.29, 0.717) is 6.04 Å². The SMILES string of the molecule is CN(C)CCN(Cc1cccs1)C(=S)NC1CCCCCC1. The molecule has 0 saturated heterocycles. The Bertz CT molecular complexity index is 423. The first-order valence-electron chi connectivity index (χ1n) is 8.37. The van der Waals surface area contributed by atoms with Crippen molar-refractivity contribution >= 4 is 28.7 Å². The Morgan fingerprint density at radius 2 is 1.95 bits per heavy atom. The summed E-state index contributed by atoms with van der Waals surface area (Å²) in [6, 6.07) is 4.88. The number of thiocarbonyl (C=S) groups is 1. The second kappa shape index (κ2) is 9.48. The Kier molecular flexibility index (Phi) is 7.63. The molecule has 0 amide bonds. The number of likely N-dealkylation sites (N-methyl/N-ethyl adjacent to an activating group) is 1. The van der Waals surface area contributed by atoms with Gasteiger partial charge in [0.25, 0.3) is 0 Å². The van der Waals surface area contributed by atoms with Crippen LogP contribution in [0.15, 0.2) is 17.5 Å².